The summed E-state index contributed by atoms with van der Waals surface area (Å²) in [6.45, 7) is 2.36. The number of thiophene rings is 1. The third-order valence-electron chi connectivity index (χ3n) is 4.60. The number of benzene rings is 1. The summed E-state index contributed by atoms with van der Waals surface area (Å²) in [7, 11) is -3.60. The first-order chi connectivity index (χ1) is 13.4. The van der Waals surface area contributed by atoms with Gasteiger partial charge in [0.15, 0.2) is 0 Å². The number of hydrazine groups is 1. The monoisotopic (exact) mass is 421 g/mol. The Bertz CT molecular complexity index is 941. The molecule has 3 rings (SSSR count). The number of hydrogen-bond acceptors (Lipinski definition) is 5. The lowest BCUT2D eigenvalue weighted by molar-refractivity contribution is -0.131. The molecular weight excluding hydrogens is 398 g/mol. The molecule has 1 saturated heterocycles. The number of aryl methyl sites for hydroxylation is 1. The molecule has 150 valence electrons. The summed E-state index contributed by atoms with van der Waals surface area (Å²) in [6.07, 6.45) is 1.33. The molecule has 7 nitrogen and oxygen atoms in total. The van der Waals surface area contributed by atoms with E-state index in [4.69, 9.17) is 0 Å². The second-order valence-corrected chi connectivity index (χ2v) is 10.2. The summed E-state index contributed by atoms with van der Waals surface area (Å²) in [5.74, 6) is -1.20. The van der Waals surface area contributed by atoms with Gasteiger partial charge in [0.25, 0.3) is 10.0 Å². The van der Waals surface area contributed by atoms with Gasteiger partial charge in [-0.3, -0.25) is 20.4 Å². The van der Waals surface area contributed by atoms with Gasteiger partial charge in [-0.15, -0.1) is 11.3 Å². The molecule has 2 heterocycles. The molecule has 28 heavy (non-hydrogen) atoms. The Hall–Kier alpha value is -2.23. The minimum absolute atomic E-state index is 0.111. The first-order valence-electron chi connectivity index (χ1n) is 9.05. The second-order valence-electron chi connectivity index (χ2n) is 6.77. The number of sulfonamides is 1. The highest BCUT2D eigenvalue weighted by molar-refractivity contribution is 7.91. The molecule has 0 aliphatic carbocycles. The Balaban J connectivity index is 1.55. The number of amides is 2. The van der Waals surface area contributed by atoms with Crippen LogP contribution in [0.4, 0.5) is 0 Å². The average Bonchev–Trinajstić information content (AvgIpc) is 3.14. The van der Waals surface area contributed by atoms with Crippen LogP contribution in [0.1, 0.15) is 23.3 Å². The molecule has 1 aromatic carbocycles. The van der Waals surface area contributed by atoms with Crippen molar-refractivity contribution in [3.8, 4) is 0 Å². The van der Waals surface area contributed by atoms with Crippen LogP contribution in [-0.4, -0.2) is 37.6 Å². The number of nitrogens with one attached hydrogen (secondary N) is 2. The molecule has 0 saturated carbocycles. The zero-order valence-corrected chi connectivity index (χ0v) is 17.2. The topological polar surface area (TPSA) is 95.6 Å². The van der Waals surface area contributed by atoms with E-state index in [1.54, 1.807) is 12.1 Å². The van der Waals surface area contributed by atoms with E-state index < -0.39 is 15.9 Å². The van der Waals surface area contributed by atoms with Crippen molar-refractivity contribution < 1.29 is 18.0 Å². The first-order valence-corrected chi connectivity index (χ1v) is 11.3. The van der Waals surface area contributed by atoms with E-state index in [2.05, 4.69) is 10.9 Å². The number of rotatable bonds is 5. The summed E-state index contributed by atoms with van der Waals surface area (Å²) in [6, 6.07) is 12.6. The highest BCUT2D eigenvalue weighted by atomic mass is 32.2. The molecule has 1 aliphatic rings. The number of piperidine rings is 1. The molecule has 1 aromatic heterocycles. The normalized spacial score (nSPS) is 17.8. The van der Waals surface area contributed by atoms with Crippen LogP contribution in [0.25, 0.3) is 0 Å². The number of carbonyl (C=O) groups excluding carboxylic acids is 2. The molecule has 1 aliphatic heterocycles. The molecule has 9 heteroatoms. The molecule has 2 amide bonds. The molecular formula is C19H23N3O4S2. The maximum atomic E-state index is 12.8. The Kier molecular flexibility index (Phi) is 6.48. The lowest BCUT2D eigenvalue weighted by atomic mass is 9.99. The molecule has 1 fully saturated rings. The fourth-order valence-electron chi connectivity index (χ4n) is 3.11. The zero-order valence-electron chi connectivity index (χ0n) is 15.6. The van der Waals surface area contributed by atoms with E-state index >= 15 is 0 Å². The van der Waals surface area contributed by atoms with Crippen molar-refractivity contribution in [3.05, 3.63) is 52.9 Å². The summed E-state index contributed by atoms with van der Waals surface area (Å²) >= 11 is 1.23. The van der Waals surface area contributed by atoms with Crippen LogP contribution in [-0.2, 0) is 26.0 Å². The van der Waals surface area contributed by atoms with Crippen LogP contribution in [0.15, 0.2) is 46.7 Å². The molecule has 2 N–H and O–H groups in total. The maximum Gasteiger partial charge on any atom is 0.252 e. The summed E-state index contributed by atoms with van der Waals surface area (Å²) < 4.78 is 27.2. The molecule has 2 aromatic rings. The van der Waals surface area contributed by atoms with Crippen LogP contribution < -0.4 is 10.9 Å². The van der Waals surface area contributed by atoms with Gasteiger partial charge in [-0.1, -0.05) is 30.3 Å². The molecule has 1 unspecified atom stereocenters. The highest BCUT2D eigenvalue weighted by Crippen LogP contribution is 2.28. The molecule has 0 spiro atoms. The largest absolute Gasteiger partial charge is 0.273 e. The predicted octanol–water partition coefficient (Wildman–Crippen LogP) is 1.85. The van der Waals surface area contributed by atoms with E-state index in [0.717, 1.165) is 10.4 Å². The van der Waals surface area contributed by atoms with Gasteiger partial charge in [-0.25, -0.2) is 8.42 Å². The van der Waals surface area contributed by atoms with E-state index in [-0.39, 0.29) is 24.8 Å². The van der Waals surface area contributed by atoms with E-state index in [9.17, 15) is 18.0 Å². The van der Waals surface area contributed by atoms with Gasteiger partial charge >= 0.3 is 0 Å². The molecule has 0 radical (unpaired) electrons. The molecule has 1 atom stereocenters. The SMILES string of the molecule is Cc1ccc(S(=O)(=O)N2CCCC(C(=O)NNC(=O)Cc3ccccc3)C2)s1. The summed E-state index contributed by atoms with van der Waals surface area (Å²) in [5.41, 5.74) is 5.69. The van der Waals surface area contributed by atoms with E-state index in [1.165, 1.54) is 15.6 Å². The van der Waals surface area contributed by atoms with Gasteiger partial charge in [-0.05, 0) is 37.5 Å². The fraction of sp³-hybridized carbons (Fsp3) is 0.368. The first kappa shape index (κ1) is 20.5. The lowest BCUT2D eigenvalue weighted by Gasteiger charge is -2.30. The number of carbonyl (C=O) groups is 2. The van der Waals surface area contributed by atoms with E-state index in [0.29, 0.717) is 23.6 Å². The van der Waals surface area contributed by atoms with Gasteiger partial charge in [0.1, 0.15) is 4.21 Å². The fourth-order valence-corrected chi connectivity index (χ4v) is 6.07. The Morgan fingerprint density at radius 3 is 2.57 bits per heavy atom. The van der Waals surface area contributed by atoms with Crippen LogP contribution >= 0.6 is 11.3 Å². The van der Waals surface area contributed by atoms with Crippen molar-refractivity contribution in [2.24, 2.45) is 5.92 Å². The Labute approximate surface area is 168 Å². The second kappa shape index (κ2) is 8.85. The zero-order chi connectivity index (χ0) is 20.1. The molecule has 0 bridgehead atoms. The van der Waals surface area contributed by atoms with Crippen molar-refractivity contribution >= 4 is 33.2 Å². The van der Waals surface area contributed by atoms with Gasteiger partial charge in [-0.2, -0.15) is 4.31 Å². The highest BCUT2D eigenvalue weighted by Gasteiger charge is 2.34. The summed E-state index contributed by atoms with van der Waals surface area (Å²) in [5, 5.41) is 0. The quantitative estimate of drug-likeness (QED) is 0.720. The van der Waals surface area contributed by atoms with Crippen LogP contribution in [0, 0.1) is 12.8 Å². The van der Waals surface area contributed by atoms with E-state index in [1.807, 2.05) is 37.3 Å². The maximum absolute atomic E-state index is 12.8. The van der Waals surface area contributed by atoms with Gasteiger partial charge in [0.2, 0.25) is 11.8 Å². The van der Waals surface area contributed by atoms with Gasteiger partial charge in [0, 0.05) is 18.0 Å². The lowest BCUT2D eigenvalue weighted by Crippen LogP contribution is -2.50. The third-order valence-corrected chi connectivity index (χ3v) is 7.93. The van der Waals surface area contributed by atoms with Crippen LogP contribution in [0.5, 0.6) is 0 Å². The third kappa shape index (κ3) is 4.98. The van der Waals surface area contributed by atoms with Crippen LogP contribution in [0.2, 0.25) is 0 Å². The van der Waals surface area contributed by atoms with Crippen molar-refractivity contribution in [3.63, 3.8) is 0 Å². The van der Waals surface area contributed by atoms with Crippen LogP contribution in [0.3, 0.4) is 0 Å². The summed E-state index contributed by atoms with van der Waals surface area (Å²) in [4.78, 5) is 25.3. The van der Waals surface area contributed by atoms with Crippen molar-refractivity contribution in [1.82, 2.24) is 15.2 Å². The Morgan fingerprint density at radius 1 is 1.14 bits per heavy atom. The smallest absolute Gasteiger partial charge is 0.252 e. The minimum atomic E-state index is -3.60. The van der Waals surface area contributed by atoms with Crippen molar-refractivity contribution in [2.75, 3.05) is 13.1 Å². The Morgan fingerprint density at radius 2 is 1.89 bits per heavy atom. The number of hydrogen-bond donors (Lipinski definition) is 2. The predicted molar refractivity (Wildman–Crippen MR) is 107 cm³/mol. The van der Waals surface area contributed by atoms with Gasteiger partial charge in [0.05, 0.1) is 12.3 Å². The van der Waals surface area contributed by atoms with Crippen molar-refractivity contribution in [1.29, 1.82) is 0 Å². The van der Waals surface area contributed by atoms with Crippen molar-refractivity contribution in [2.45, 2.75) is 30.4 Å². The van der Waals surface area contributed by atoms with Gasteiger partial charge < -0.3 is 0 Å². The standard InChI is InChI=1S/C19H23N3O4S2/c1-14-9-10-18(27-14)28(25,26)22-11-5-8-16(13-22)19(24)21-20-17(23)12-15-6-3-2-4-7-15/h2-4,6-7,9-10,16H,5,8,11-13H2,1H3,(H,20,23)(H,21,24). The minimum Gasteiger partial charge on any atom is -0.273 e. The number of nitrogens with zero attached hydrogens (tertiary/aromatic N) is 1. The average molecular weight is 422 g/mol.